The highest BCUT2D eigenvalue weighted by Crippen LogP contribution is 2.23. The number of rotatable bonds is 4. The maximum absolute atomic E-state index is 12.3. The molecule has 2 heterocycles. The van der Waals surface area contributed by atoms with E-state index in [1.54, 1.807) is 6.20 Å². The Morgan fingerprint density at radius 1 is 1.62 bits per heavy atom. The monoisotopic (exact) mass is 313 g/mol. The van der Waals surface area contributed by atoms with Gasteiger partial charge in [0.25, 0.3) is 0 Å². The number of nitrogens with zero attached hydrogens (tertiary/aromatic N) is 2. The number of nitrogens with one attached hydrogen (secondary N) is 1. The summed E-state index contributed by atoms with van der Waals surface area (Å²) in [6.45, 7) is 4.05. The Kier molecular flexibility index (Phi) is 4.79. The molecule has 3 unspecified atom stereocenters. The Hall–Kier alpha value is -1.67. The molecule has 0 aromatic carbocycles. The molecule has 0 radical (unpaired) electrons. The van der Waals surface area contributed by atoms with E-state index in [1.807, 2.05) is 13.8 Å². The van der Waals surface area contributed by atoms with Crippen LogP contribution in [0.4, 0.5) is 4.79 Å². The van der Waals surface area contributed by atoms with Crippen molar-refractivity contribution in [1.82, 2.24) is 15.2 Å². The fourth-order valence-electron chi connectivity index (χ4n) is 2.33. The third kappa shape index (κ3) is 3.51. The molecule has 3 atom stereocenters. The minimum Gasteiger partial charge on any atom is -0.480 e. The van der Waals surface area contributed by atoms with Gasteiger partial charge in [-0.05, 0) is 13.8 Å². The molecular weight excluding hydrogens is 294 g/mol. The normalized spacial score (nSPS) is 23.1. The number of methoxy groups -OCH3 is 1. The molecule has 1 aromatic heterocycles. The lowest BCUT2D eigenvalue weighted by molar-refractivity contribution is -0.141. The Balaban J connectivity index is 2.03. The lowest BCUT2D eigenvalue weighted by atomic mass is 10.2. The molecule has 1 aliphatic heterocycles. The van der Waals surface area contributed by atoms with Crippen molar-refractivity contribution in [3.8, 4) is 0 Å². The zero-order chi connectivity index (χ0) is 15.6. The van der Waals surface area contributed by atoms with Crippen LogP contribution in [0.1, 0.15) is 29.3 Å². The van der Waals surface area contributed by atoms with Gasteiger partial charge in [0.15, 0.2) is 0 Å². The van der Waals surface area contributed by atoms with Gasteiger partial charge in [-0.3, -0.25) is 0 Å². The fourth-order valence-corrected chi connectivity index (χ4v) is 3.11. The lowest BCUT2D eigenvalue weighted by Crippen LogP contribution is -2.46. The predicted molar refractivity (Wildman–Crippen MR) is 77.3 cm³/mol. The zero-order valence-corrected chi connectivity index (χ0v) is 13.0. The van der Waals surface area contributed by atoms with E-state index >= 15 is 0 Å². The van der Waals surface area contributed by atoms with Gasteiger partial charge in [-0.25, -0.2) is 14.6 Å². The molecule has 1 saturated heterocycles. The molecule has 7 nitrogen and oxygen atoms in total. The molecular formula is C13H19N3O4S. The van der Waals surface area contributed by atoms with E-state index < -0.39 is 18.0 Å². The SMILES string of the molecule is COC1CC(C(=O)O)N(C(=O)NC(C)c2ncc(C)s2)C1. The molecule has 0 aliphatic carbocycles. The molecule has 1 aliphatic rings. The van der Waals surface area contributed by atoms with Crippen LogP contribution in [0.2, 0.25) is 0 Å². The third-order valence-corrected chi connectivity index (χ3v) is 4.59. The van der Waals surface area contributed by atoms with Gasteiger partial charge in [0.1, 0.15) is 11.0 Å². The summed E-state index contributed by atoms with van der Waals surface area (Å²) in [6, 6.07) is -1.50. The average molecular weight is 313 g/mol. The number of aryl methyl sites for hydroxylation is 1. The molecule has 0 spiro atoms. The predicted octanol–water partition coefficient (Wildman–Crippen LogP) is 1.40. The number of aromatic nitrogens is 1. The van der Waals surface area contributed by atoms with Crippen molar-refractivity contribution in [3.05, 3.63) is 16.1 Å². The van der Waals surface area contributed by atoms with Crippen molar-refractivity contribution < 1.29 is 19.4 Å². The average Bonchev–Trinajstić information content (AvgIpc) is 3.04. The molecule has 0 saturated carbocycles. The van der Waals surface area contributed by atoms with E-state index in [0.29, 0.717) is 6.42 Å². The summed E-state index contributed by atoms with van der Waals surface area (Å²) >= 11 is 1.51. The van der Waals surface area contributed by atoms with Crippen LogP contribution in [-0.4, -0.2) is 52.8 Å². The van der Waals surface area contributed by atoms with Crippen LogP contribution < -0.4 is 5.32 Å². The van der Waals surface area contributed by atoms with Gasteiger partial charge in [0.05, 0.1) is 12.1 Å². The second kappa shape index (κ2) is 6.40. The second-order valence-corrected chi connectivity index (χ2v) is 6.35. The number of likely N-dealkylation sites (tertiary alicyclic amines) is 1. The lowest BCUT2D eigenvalue weighted by Gasteiger charge is -2.23. The van der Waals surface area contributed by atoms with Crippen LogP contribution in [0.5, 0.6) is 0 Å². The molecule has 1 aromatic rings. The van der Waals surface area contributed by atoms with Gasteiger partial charge in [-0.1, -0.05) is 0 Å². The first-order valence-electron chi connectivity index (χ1n) is 6.67. The summed E-state index contributed by atoms with van der Waals surface area (Å²) in [5, 5.41) is 12.8. The first-order valence-corrected chi connectivity index (χ1v) is 7.49. The first kappa shape index (κ1) is 15.7. The van der Waals surface area contributed by atoms with Crippen molar-refractivity contribution >= 4 is 23.3 Å². The summed E-state index contributed by atoms with van der Waals surface area (Å²) in [7, 11) is 1.52. The molecule has 116 valence electrons. The van der Waals surface area contributed by atoms with Gasteiger partial charge >= 0.3 is 12.0 Å². The number of carbonyl (C=O) groups excluding carboxylic acids is 1. The number of aliphatic carboxylic acids is 1. The van der Waals surface area contributed by atoms with E-state index in [9.17, 15) is 14.7 Å². The smallest absolute Gasteiger partial charge is 0.326 e. The maximum Gasteiger partial charge on any atom is 0.326 e. The number of ether oxygens (including phenoxy) is 1. The van der Waals surface area contributed by atoms with Crippen molar-refractivity contribution in [2.45, 2.75) is 38.5 Å². The van der Waals surface area contributed by atoms with E-state index in [0.717, 1.165) is 9.88 Å². The topological polar surface area (TPSA) is 91.8 Å². The van der Waals surface area contributed by atoms with Crippen LogP contribution in [0, 0.1) is 6.92 Å². The number of hydrogen-bond donors (Lipinski definition) is 2. The summed E-state index contributed by atoms with van der Waals surface area (Å²) < 4.78 is 5.17. The van der Waals surface area contributed by atoms with Crippen molar-refractivity contribution in [1.29, 1.82) is 0 Å². The van der Waals surface area contributed by atoms with Crippen LogP contribution in [0.25, 0.3) is 0 Å². The maximum atomic E-state index is 12.3. The summed E-state index contributed by atoms with van der Waals surface area (Å²) in [6.07, 6.45) is 1.82. The number of carboxylic acid groups (broad SMARTS) is 1. The van der Waals surface area contributed by atoms with Crippen LogP contribution in [0.3, 0.4) is 0 Å². The van der Waals surface area contributed by atoms with Gasteiger partial charge in [-0.15, -0.1) is 11.3 Å². The van der Waals surface area contributed by atoms with E-state index in [2.05, 4.69) is 10.3 Å². The highest BCUT2D eigenvalue weighted by molar-refractivity contribution is 7.11. The van der Waals surface area contributed by atoms with Crippen LogP contribution >= 0.6 is 11.3 Å². The van der Waals surface area contributed by atoms with Crippen molar-refractivity contribution in [2.75, 3.05) is 13.7 Å². The molecule has 2 N–H and O–H groups in total. The van der Waals surface area contributed by atoms with Crippen molar-refractivity contribution in [2.24, 2.45) is 0 Å². The van der Waals surface area contributed by atoms with Gasteiger partial charge < -0.3 is 20.1 Å². The Morgan fingerprint density at radius 3 is 2.86 bits per heavy atom. The van der Waals surface area contributed by atoms with Gasteiger partial charge in [0.2, 0.25) is 0 Å². The standard InChI is InChI=1S/C13H19N3O4S/c1-7-5-14-11(21-7)8(2)15-13(19)16-6-9(20-3)4-10(16)12(17)18/h5,8-10H,4,6H2,1-3H3,(H,15,19)(H,17,18). The van der Waals surface area contributed by atoms with Crippen LogP contribution in [-0.2, 0) is 9.53 Å². The number of carbonyl (C=O) groups is 2. The number of urea groups is 1. The molecule has 1 fully saturated rings. The minimum absolute atomic E-state index is 0.241. The first-order chi connectivity index (χ1) is 9.92. The third-order valence-electron chi connectivity index (χ3n) is 3.49. The summed E-state index contributed by atoms with van der Waals surface area (Å²) in [5.41, 5.74) is 0. The molecule has 8 heteroatoms. The number of thiazole rings is 1. The van der Waals surface area contributed by atoms with Gasteiger partial charge in [-0.2, -0.15) is 0 Å². The quantitative estimate of drug-likeness (QED) is 0.876. The highest BCUT2D eigenvalue weighted by atomic mass is 32.1. The fraction of sp³-hybridized carbons (Fsp3) is 0.615. The van der Waals surface area contributed by atoms with E-state index in [-0.39, 0.29) is 18.7 Å². The second-order valence-electron chi connectivity index (χ2n) is 5.08. The summed E-state index contributed by atoms with van der Waals surface area (Å²) in [4.78, 5) is 30.1. The summed E-state index contributed by atoms with van der Waals surface area (Å²) in [5.74, 6) is -1.01. The molecule has 21 heavy (non-hydrogen) atoms. The minimum atomic E-state index is -1.01. The Morgan fingerprint density at radius 2 is 2.33 bits per heavy atom. The van der Waals surface area contributed by atoms with Gasteiger partial charge in [0, 0.05) is 31.1 Å². The largest absolute Gasteiger partial charge is 0.480 e. The van der Waals surface area contributed by atoms with E-state index in [4.69, 9.17) is 4.74 Å². The van der Waals surface area contributed by atoms with Crippen molar-refractivity contribution in [3.63, 3.8) is 0 Å². The zero-order valence-electron chi connectivity index (χ0n) is 12.2. The van der Waals surface area contributed by atoms with E-state index in [1.165, 1.54) is 23.3 Å². The molecule has 2 amide bonds. The Labute approximate surface area is 126 Å². The molecule has 2 rings (SSSR count). The molecule has 0 bridgehead atoms. The Bertz CT molecular complexity index is 533. The number of hydrogen-bond acceptors (Lipinski definition) is 5. The number of amides is 2. The number of carboxylic acids is 1. The van der Waals surface area contributed by atoms with Crippen LogP contribution in [0.15, 0.2) is 6.20 Å². The highest BCUT2D eigenvalue weighted by Gasteiger charge is 2.40.